The first-order chi connectivity index (χ1) is 20.4. The molecule has 3 heterocycles. The van der Waals surface area contributed by atoms with Crippen LogP contribution in [-0.4, -0.2) is 4.52 Å². The van der Waals surface area contributed by atoms with Crippen LogP contribution in [0, 0.1) is 0 Å². The molecule has 0 fully saturated rings. The summed E-state index contributed by atoms with van der Waals surface area (Å²) in [5, 5.41) is 4.16. The number of anilines is 3. The Kier molecular flexibility index (Phi) is 6.20. The highest BCUT2D eigenvalue weighted by Gasteiger charge is 2.53. The van der Waals surface area contributed by atoms with Gasteiger partial charge >= 0.3 is 0 Å². The largest absolute Gasteiger partial charge is 0.310 e. The van der Waals surface area contributed by atoms with Crippen LogP contribution in [0.3, 0.4) is 0 Å². The summed E-state index contributed by atoms with van der Waals surface area (Å²) in [6.07, 6.45) is 5.57. The second-order valence-corrected chi connectivity index (χ2v) is 13.0. The maximum absolute atomic E-state index is 2.72. The number of pyridine rings is 1. The lowest BCUT2D eigenvalue weighted by Gasteiger charge is -2.38. The Hall–Kier alpha value is -4.11. The van der Waals surface area contributed by atoms with Gasteiger partial charge in [0.25, 0.3) is 0 Å². The van der Waals surface area contributed by atoms with E-state index in [0.29, 0.717) is 5.92 Å². The average Bonchev–Trinajstić information content (AvgIpc) is 3.37. The first-order valence-electron chi connectivity index (χ1n) is 15.7. The molecular formula is C39H42N3+. The third-order valence-electron chi connectivity index (χ3n) is 9.97. The van der Waals surface area contributed by atoms with Crippen LogP contribution in [0.1, 0.15) is 77.8 Å². The van der Waals surface area contributed by atoms with Crippen LogP contribution in [0.15, 0.2) is 103 Å². The number of aromatic nitrogens is 2. The average molecular weight is 553 g/mol. The molecule has 1 aliphatic heterocycles. The molecular weight excluding hydrogens is 510 g/mol. The smallest absolute Gasteiger partial charge is 0.248 e. The van der Waals surface area contributed by atoms with Gasteiger partial charge in [-0.05, 0) is 71.5 Å². The van der Waals surface area contributed by atoms with Crippen LogP contribution in [0.5, 0.6) is 0 Å². The third kappa shape index (κ3) is 3.62. The van der Waals surface area contributed by atoms with Crippen molar-refractivity contribution in [2.75, 3.05) is 4.90 Å². The Labute approximate surface area is 250 Å². The molecule has 0 N–H and O–H groups in total. The summed E-state index contributed by atoms with van der Waals surface area (Å²) >= 11 is 0. The summed E-state index contributed by atoms with van der Waals surface area (Å²) in [5.74, 6) is 0.422. The van der Waals surface area contributed by atoms with Crippen molar-refractivity contribution in [3.63, 3.8) is 0 Å². The topological polar surface area (TPSA) is 11.5 Å². The summed E-state index contributed by atoms with van der Waals surface area (Å²) in [5.41, 5.74) is 9.15. The molecule has 0 radical (unpaired) electrons. The zero-order chi connectivity index (χ0) is 29.2. The predicted octanol–water partition coefficient (Wildman–Crippen LogP) is 10.3. The van der Waals surface area contributed by atoms with Crippen LogP contribution in [0.4, 0.5) is 17.1 Å². The summed E-state index contributed by atoms with van der Waals surface area (Å²) in [6.45, 7) is 14.3. The molecule has 42 heavy (non-hydrogen) atoms. The van der Waals surface area contributed by atoms with Crippen molar-refractivity contribution in [2.45, 2.75) is 77.7 Å². The van der Waals surface area contributed by atoms with Gasteiger partial charge in [-0.15, -0.1) is 4.52 Å². The molecule has 3 heteroatoms. The van der Waals surface area contributed by atoms with E-state index in [0.717, 1.165) is 19.3 Å². The van der Waals surface area contributed by atoms with E-state index in [4.69, 9.17) is 0 Å². The highest BCUT2D eigenvalue weighted by molar-refractivity contribution is 6.17. The number of benzene rings is 4. The Morgan fingerprint density at radius 3 is 1.95 bits per heavy atom. The molecule has 7 rings (SSSR count). The molecule has 0 amide bonds. The maximum atomic E-state index is 2.72. The Balaban J connectivity index is 1.73. The fourth-order valence-corrected chi connectivity index (χ4v) is 8.07. The molecule has 1 unspecified atom stereocenters. The zero-order valence-electron chi connectivity index (χ0n) is 25.9. The van der Waals surface area contributed by atoms with Crippen molar-refractivity contribution < 1.29 is 4.68 Å². The molecule has 0 saturated carbocycles. The van der Waals surface area contributed by atoms with Crippen LogP contribution < -0.4 is 9.58 Å². The molecule has 0 aliphatic carbocycles. The number of para-hydroxylation sites is 2. The van der Waals surface area contributed by atoms with Gasteiger partial charge in [-0.3, -0.25) is 0 Å². The molecule has 6 aromatic rings. The Morgan fingerprint density at radius 1 is 0.762 bits per heavy atom. The van der Waals surface area contributed by atoms with Gasteiger partial charge in [0.1, 0.15) is 5.52 Å². The highest BCUT2D eigenvalue weighted by atomic mass is 15.4. The minimum atomic E-state index is -0.0377. The molecule has 1 aliphatic rings. The first-order valence-corrected chi connectivity index (χ1v) is 15.7. The monoisotopic (exact) mass is 552 g/mol. The lowest BCUT2D eigenvalue weighted by Crippen LogP contribution is -2.63. The van der Waals surface area contributed by atoms with Gasteiger partial charge in [0.2, 0.25) is 5.52 Å². The third-order valence-corrected chi connectivity index (χ3v) is 9.97. The SMILES string of the molecule is CCC1c2ccc(N(c3ccccc3)c3ccccc3)c3cc(C(C)(C)C)c4c5ccccn5[n+](c4c23)C1(CC)CC. The molecule has 0 bridgehead atoms. The lowest BCUT2D eigenvalue weighted by atomic mass is 9.70. The van der Waals surface area contributed by atoms with Crippen molar-refractivity contribution in [2.24, 2.45) is 0 Å². The van der Waals surface area contributed by atoms with E-state index >= 15 is 0 Å². The minimum absolute atomic E-state index is 0.00271. The summed E-state index contributed by atoms with van der Waals surface area (Å²) < 4.78 is 5.20. The van der Waals surface area contributed by atoms with Crippen molar-refractivity contribution in [3.05, 3.63) is 114 Å². The minimum Gasteiger partial charge on any atom is -0.310 e. The Morgan fingerprint density at radius 2 is 1.38 bits per heavy atom. The number of fused-ring (bicyclic) bond motifs is 3. The van der Waals surface area contributed by atoms with Gasteiger partial charge in [0.05, 0.1) is 28.6 Å². The van der Waals surface area contributed by atoms with Crippen molar-refractivity contribution in [3.8, 4) is 0 Å². The van der Waals surface area contributed by atoms with Gasteiger partial charge in [-0.25, -0.2) is 0 Å². The maximum Gasteiger partial charge on any atom is 0.248 e. The molecule has 4 aromatic carbocycles. The molecule has 1 atom stereocenters. The van der Waals surface area contributed by atoms with Gasteiger partial charge in [-0.2, -0.15) is 0 Å². The van der Waals surface area contributed by atoms with E-state index in [1.54, 1.807) is 0 Å². The van der Waals surface area contributed by atoms with Crippen LogP contribution in [-0.2, 0) is 11.0 Å². The lowest BCUT2D eigenvalue weighted by molar-refractivity contribution is -0.805. The molecule has 0 saturated heterocycles. The van der Waals surface area contributed by atoms with Crippen LogP contribution >= 0.6 is 0 Å². The molecule has 3 nitrogen and oxygen atoms in total. The van der Waals surface area contributed by atoms with E-state index < -0.39 is 0 Å². The zero-order valence-corrected chi connectivity index (χ0v) is 25.9. The van der Waals surface area contributed by atoms with E-state index in [1.165, 1.54) is 55.4 Å². The second kappa shape index (κ2) is 9.73. The quantitative estimate of drug-likeness (QED) is 0.187. The fraction of sp³-hybridized carbons (Fsp3) is 0.308. The summed E-state index contributed by atoms with van der Waals surface area (Å²) in [4.78, 5) is 2.44. The van der Waals surface area contributed by atoms with Crippen molar-refractivity contribution in [1.29, 1.82) is 0 Å². The van der Waals surface area contributed by atoms with E-state index in [9.17, 15) is 0 Å². The standard InChI is InChI=1S/C39H42N3/c1-7-31-29-23-24-33(41(27-18-12-10-13-19-27)28-20-14-11-15-21-28)30-26-32(38(4,5)6)36-34-22-16-17-25-40(34)42(37(36)35(29)30)39(31,8-2)9-3/h10-26,31H,7-9H2,1-6H3/q+1. The Bertz CT molecular complexity index is 1880. The van der Waals surface area contributed by atoms with E-state index in [-0.39, 0.29) is 11.0 Å². The van der Waals surface area contributed by atoms with Crippen LogP contribution in [0.25, 0.3) is 27.2 Å². The second-order valence-electron chi connectivity index (χ2n) is 13.0. The number of hydrogen-bond donors (Lipinski definition) is 0. The normalized spacial score (nSPS) is 16.1. The van der Waals surface area contributed by atoms with Crippen LogP contribution in [0.2, 0.25) is 0 Å². The summed E-state index contributed by atoms with van der Waals surface area (Å²) in [6, 6.07) is 35.8. The van der Waals surface area contributed by atoms with Crippen molar-refractivity contribution >= 4 is 44.3 Å². The van der Waals surface area contributed by atoms with Gasteiger partial charge in [-0.1, -0.05) is 94.8 Å². The highest BCUT2D eigenvalue weighted by Crippen LogP contribution is 2.52. The molecule has 2 aromatic heterocycles. The number of hydrogen-bond acceptors (Lipinski definition) is 1. The van der Waals surface area contributed by atoms with E-state index in [2.05, 4.69) is 159 Å². The van der Waals surface area contributed by atoms with Crippen molar-refractivity contribution in [1.82, 2.24) is 4.52 Å². The first kappa shape index (κ1) is 26.8. The van der Waals surface area contributed by atoms with E-state index in [1.807, 2.05) is 0 Å². The summed E-state index contributed by atoms with van der Waals surface area (Å²) in [7, 11) is 0. The molecule has 0 spiro atoms. The van der Waals surface area contributed by atoms with Gasteiger partial charge in [0, 0.05) is 29.6 Å². The molecule has 212 valence electrons. The predicted molar refractivity (Wildman–Crippen MR) is 178 cm³/mol. The fourth-order valence-electron chi connectivity index (χ4n) is 8.07. The van der Waals surface area contributed by atoms with Gasteiger partial charge < -0.3 is 4.90 Å². The van der Waals surface area contributed by atoms with Gasteiger partial charge in [0.15, 0.2) is 5.54 Å². The number of nitrogens with zero attached hydrogens (tertiary/aromatic N) is 3. The number of rotatable bonds is 6.